The molecule has 0 amide bonds. The Morgan fingerprint density at radius 1 is 0.556 bits per heavy atom. The van der Waals surface area contributed by atoms with Crippen molar-refractivity contribution in [2.45, 2.75) is 136 Å². The summed E-state index contributed by atoms with van der Waals surface area (Å²) in [5.74, 6) is 0. The van der Waals surface area contributed by atoms with E-state index in [9.17, 15) is 0 Å². The van der Waals surface area contributed by atoms with E-state index in [0.717, 1.165) is 0 Å². The fraction of sp³-hybridized carbons (Fsp3) is 0.808. The molecule has 0 spiro atoms. The molecule has 0 saturated carbocycles. The van der Waals surface area contributed by atoms with Crippen LogP contribution in [0.3, 0.4) is 0 Å². The molecule has 1 aromatic rings. The molecule has 1 rings (SSSR count). The Morgan fingerprint density at radius 2 is 1.04 bits per heavy atom. The van der Waals surface area contributed by atoms with E-state index in [1.165, 1.54) is 116 Å². The zero-order valence-corrected chi connectivity index (χ0v) is 18.9. The van der Waals surface area contributed by atoms with Crippen LogP contribution in [0.2, 0.25) is 0 Å². The van der Waals surface area contributed by atoms with Crippen LogP contribution in [-0.2, 0) is 19.4 Å². The summed E-state index contributed by atoms with van der Waals surface area (Å²) in [5.41, 5.74) is 3.27. The highest BCUT2D eigenvalue weighted by Gasteiger charge is 2.09. The molecule has 0 saturated heterocycles. The summed E-state index contributed by atoms with van der Waals surface area (Å²) < 4.78 is 2.47. The number of rotatable bonds is 18. The second kappa shape index (κ2) is 17.3. The van der Waals surface area contributed by atoms with Gasteiger partial charge in [0.2, 0.25) is 0 Å². The van der Waals surface area contributed by atoms with Crippen LogP contribution in [0, 0.1) is 0 Å². The fourth-order valence-corrected chi connectivity index (χ4v) is 3.96. The third kappa shape index (κ3) is 12.3. The summed E-state index contributed by atoms with van der Waals surface area (Å²) >= 11 is 0. The van der Waals surface area contributed by atoms with Crippen LogP contribution < -0.4 is 4.57 Å². The predicted octanol–water partition coefficient (Wildman–Crippen LogP) is 7.97. The molecule has 1 heteroatoms. The van der Waals surface area contributed by atoms with Gasteiger partial charge in [-0.1, -0.05) is 91.4 Å². The summed E-state index contributed by atoms with van der Waals surface area (Å²) in [6.45, 7) is 8.10. The summed E-state index contributed by atoms with van der Waals surface area (Å²) in [6, 6.07) is 2.44. The number of pyridine rings is 1. The van der Waals surface area contributed by atoms with E-state index in [0.29, 0.717) is 0 Å². The van der Waals surface area contributed by atoms with Gasteiger partial charge in [0.25, 0.3) is 0 Å². The van der Waals surface area contributed by atoms with E-state index in [1.807, 2.05) is 0 Å². The molecule has 27 heavy (non-hydrogen) atoms. The van der Waals surface area contributed by atoms with Crippen LogP contribution in [-0.4, -0.2) is 0 Å². The molecule has 0 aliphatic carbocycles. The van der Waals surface area contributed by atoms with E-state index in [4.69, 9.17) is 0 Å². The van der Waals surface area contributed by atoms with Gasteiger partial charge in [0.1, 0.15) is 6.54 Å². The Kier molecular flexibility index (Phi) is 15.5. The second-order valence-electron chi connectivity index (χ2n) is 8.48. The molecule has 0 aliphatic heterocycles. The van der Waals surface area contributed by atoms with Crippen molar-refractivity contribution in [2.24, 2.45) is 0 Å². The van der Waals surface area contributed by atoms with Crippen molar-refractivity contribution in [1.29, 1.82) is 0 Å². The van der Waals surface area contributed by atoms with Crippen molar-refractivity contribution in [3.8, 4) is 0 Å². The SMILES string of the molecule is CCCCCCCc1cc[n+](CCCCCCC)cc1CCCCCCC. The summed E-state index contributed by atoms with van der Waals surface area (Å²) in [7, 11) is 0. The minimum Gasteiger partial charge on any atom is -0.205 e. The number of unbranched alkanes of at least 4 members (excludes halogenated alkanes) is 12. The minimum atomic E-state index is 1.20. The lowest BCUT2D eigenvalue weighted by atomic mass is 9.98. The Balaban J connectivity index is 2.52. The van der Waals surface area contributed by atoms with Gasteiger partial charge >= 0.3 is 0 Å². The lowest BCUT2D eigenvalue weighted by Crippen LogP contribution is -2.33. The van der Waals surface area contributed by atoms with Crippen molar-refractivity contribution < 1.29 is 4.57 Å². The van der Waals surface area contributed by atoms with Crippen molar-refractivity contribution in [2.75, 3.05) is 0 Å². The zero-order chi connectivity index (χ0) is 19.6. The maximum atomic E-state index is 2.49. The monoisotopic (exact) mass is 374 g/mol. The van der Waals surface area contributed by atoms with Gasteiger partial charge in [-0.15, -0.1) is 0 Å². The minimum absolute atomic E-state index is 1.20. The van der Waals surface area contributed by atoms with Crippen LogP contribution in [0.25, 0.3) is 0 Å². The maximum absolute atomic E-state index is 2.49. The van der Waals surface area contributed by atoms with Crippen molar-refractivity contribution in [3.63, 3.8) is 0 Å². The third-order valence-corrected chi connectivity index (χ3v) is 5.82. The first-order chi connectivity index (χ1) is 13.3. The quantitative estimate of drug-likeness (QED) is 0.181. The van der Waals surface area contributed by atoms with E-state index in [1.54, 1.807) is 11.1 Å². The molecule has 1 heterocycles. The first-order valence-electron chi connectivity index (χ1n) is 12.3. The number of nitrogens with zero attached hydrogens (tertiary/aromatic N) is 1. The number of aryl methyl sites for hydroxylation is 3. The Labute approximate surface area is 171 Å². The van der Waals surface area contributed by atoms with Crippen molar-refractivity contribution in [1.82, 2.24) is 0 Å². The molecule has 0 aliphatic rings. The molecule has 1 nitrogen and oxygen atoms in total. The van der Waals surface area contributed by atoms with E-state index >= 15 is 0 Å². The van der Waals surface area contributed by atoms with Gasteiger partial charge in [0.05, 0.1) is 0 Å². The van der Waals surface area contributed by atoms with Crippen LogP contribution >= 0.6 is 0 Å². The number of hydrogen-bond donors (Lipinski definition) is 0. The van der Waals surface area contributed by atoms with Crippen molar-refractivity contribution >= 4 is 0 Å². The maximum Gasteiger partial charge on any atom is 0.172 e. The van der Waals surface area contributed by atoms with E-state index in [-0.39, 0.29) is 0 Å². The summed E-state index contributed by atoms with van der Waals surface area (Å²) in [5, 5.41) is 0. The van der Waals surface area contributed by atoms with Gasteiger partial charge < -0.3 is 0 Å². The first kappa shape index (κ1) is 24.2. The normalized spacial score (nSPS) is 11.2. The largest absolute Gasteiger partial charge is 0.205 e. The Hall–Kier alpha value is -0.850. The standard InChI is InChI=1S/C26H48N/c1-4-7-10-13-16-19-25-21-23-27(22-18-15-12-9-6-3)24-26(25)20-17-14-11-8-5-2/h21,23-24H,4-20,22H2,1-3H3/q+1. The molecule has 0 aromatic carbocycles. The highest BCUT2D eigenvalue weighted by Crippen LogP contribution is 2.16. The van der Waals surface area contributed by atoms with Crippen LogP contribution in [0.1, 0.15) is 128 Å². The number of aromatic nitrogens is 1. The molecule has 0 fully saturated rings. The van der Waals surface area contributed by atoms with Crippen molar-refractivity contribution in [3.05, 3.63) is 29.6 Å². The average molecular weight is 375 g/mol. The van der Waals surface area contributed by atoms with Gasteiger partial charge in [-0.2, -0.15) is 0 Å². The molecule has 0 radical (unpaired) electrons. The smallest absolute Gasteiger partial charge is 0.172 e. The molecule has 0 bridgehead atoms. The van der Waals surface area contributed by atoms with Crippen LogP contribution in [0.4, 0.5) is 0 Å². The van der Waals surface area contributed by atoms with Gasteiger partial charge in [-0.3, -0.25) is 0 Å². The van der Waals surface area contributed by atoms with E-state index in [2.05, 4.69) is 43.8 Å². The molecule has 0 atom stereocenters. The molecular weight excluding hydrogens is 326 g/mol. The molecular formula is C26H48N+. The second-order valence-corrected chi connectivity index (χ2v) is 8.48. The predicted molar refractivity (Wildman–Crippen MR) is 120 cm³/mol. The van der Waals surface area contributed by atoms with Gasteiger partial charge in [0.15, 0.2) is 12.4 Å². The lowest BCUT2D eigenvalue weighted by molar-refractivity contribution is -0.697. The summed E-state index contributed by atoms with van der Waals surface area (Å²) in [6.07, 6.45) is 28.1. The first-order valence-corrected chi connectivity index (χ1v) is 12.3. The topological polar surface area (TPSA) is 3.88 Å². The lowest BCUT2D eigenvalue weighted by Gasteiger charge is -2.09. The molecule has 0 unspecified atom stereocenters. The van der Waals surface area contributed by atoms with Crippen LogP contribution in [0.15, 0.2) is 18.5 Å². The Bertz CT molecular complexity index is 452. The molecule has 0 N–H and O–H groups in total. The third-order valence-electron chi connectivity index (χ3n) is 5.82. The zero-order valence-electron chi connectivity index (χ0n) is 18.9. The fourth-order valence-electron chi connectivity index (χ4n) is 3.96. The van der Waals surface area contributed by atoms with Gasteiger partial charge in [0, 0.05) is 18.1 Å². The van der Waals surface area contributed by atoms with E-state index < -0.39 is 0 Å². The highest BCUT2D eigenvalue weighted by atomic mass is 14.9. The molecule has 156 valence electrons. The number of hydrogen-bond acceptors (Lipinski definition) is 0. The Morgan fingerprint density at radius 3 is 1.59 bits per heavy atom. The average Bonchev–Trinajstić information content (AvgIpc) is 2.68. The van der Waals surface area contributed by atoms with Crippen LogP contribution in [0.5, 0.6) is 0 Å². The van der Waals surface area contributed by atoms with Gasteiger partial charge in [-0.05, 0) is 37.7 Å². The molecule has 1 aromatic heterocycles. The van der Waals surface area contributed by atoms with Gasteiger partial charge in [-0.25, -0.2) is 4.57 Å². The highest BCUT2D eigenvalue weighted by molar-refractivity contribution is 5.21. The summed E-state index contributed by atoms with van der Waals surface area (Å²) in [4.78, 5) is 0.